The Morgan fingerprint density at radius 2 is 1.69 bits per heavy atom. The molecule has 212 valence electrons. The number of aryl methyl sites for hydroxylation is 3. The highest BCUT2D eigenvalue weighted by Crippen LogP contribution is 2.35. The summed E-state index contributed by atoms with van der Waals surface area (Å²) in [6.45, 7) is 11.3. The van der Waals surface area contributed by atoms with Gasteiger partial charge in [0.2, 0.25) is 5.91 Å². The molecule has 0 spiro atoms. The van der Waals surface area contributed by atoms with Crippen molar-refractivity contribution in [1.29, 1.82) is 0 Å². The first-order valence-corrected chi connectivity index (χ1v) is 15.0. The zero-order valence-corrected chi connectivity index (χ0v) is 25.1. The maximum Gasteiger partial charge on any atom is 0.408 e. The quantitative estimate of drug-likeness (QED) is 0.360. The van der Waals surface area contributed by atoms with Crippen LogP contribution in [0.5, 0.6) is 0 Å². The first-order chi connectivity index (χ1) is 18.4. The number of benzene rings is 2. The van der Waals surface area contributed by atoms with Crippen LogP contribution >= 0.6 is 11.8 Å². The molecule has 2 aromatic carbocycles. The number of carbonyl (C=O) groups excluding carboxylic acids is 3. The molecule has 1 aliphatic rings. The maximum absolute atomic E-state index is 14.3. The number of nitrogens with one attached hydrogen (secondary N) is 2. The van der Waals surface area contributed by atoms with Gasteiger partial charge >= 0.3 is 6.09 Å². The van der Waals surface area contributed by atoms with Gasteiger partial charge in [0.25, 0.3) is 5.91 Å². The van der Waals surface area contributed by atoms with E-state index in [-0.39, 0.29) is 17.9 Å². The van der Waals surface area contributed by atoms with Crippen LogP contribution in [0.1, 0.15) is 74.8 Å². The van der Waals surface area contributed by atoms with Gasteiger partial charge in [-0.15, -0.1) is 0 Å². The van der Waals surface area contributed by atoms with Crippen LogP contribution in [0.3, 0.4) is 0 Å². The summed E-state index contributed by atoms with van der Waals surface area (Å²) < 4.78 is 5.49. The summed E-state index contributed by atoms with van der Waals surface area (Å²) in [6.07, 6.45) is 4.37. The van der Waals surface area contributed by atoms with Crippen molar-refractivity contribution in [3.05, 3.63) is 64.7 Å². The Morgan fingerprint density at radius 1 is 1.05 bits per heavy atom. The van der Waals surface area contributed by atoms with E-state index >= 15 is 0 Å². The van der Waals surface area contributed by atoms with Gasteiger partial charge in [-0.25, -0.2) is 4.79 Å². The molecule has 2 unspecified atom stereocenters. The molecule has 2 aromatic rings. The Kier molecular flexibility index (Phi) is 10.5. The third-order valence-electron chi connectivity index (χ3n) is 6.94. The summed E-state index contributed by atoms with van der Waals surface area (Å²) >= 11 is 1.60. The number of hydrogen-bond acceptors (Lipinski definition) is 5. The number of amides is 3. The summed E-state index contributed by atoms with van der Waals surface area (Å²) in [7, 11) is 0. The number of rotatable bonds is 10. The highest BCUT2D eigenvalue weighted by Gasteiger charge is 2.42. The third-order valence-corrected chi connectivity index (χ3v) is 7.58. The topological polar surface area (TPSA) is 87.7 Å². The van der Waals surface area contributed by atoms with Crippen molar-refractivity contribution in [1.82, 2.24) is 10.2 Å². The van der Waals surface area contributed by atoms with E-state index in [4.69, 9.17) is 4.74 Å². The van der Waals surface area contributed by atoms with E-state index in [1.54, 1.807) is 37.4 Å². The SMILES string of the molecule is CSCCC(NC(=O)OC(C)(C)C)C(=O)N(C1CCC1)C(C(=O)Nc1c(C)cccc1C)c1cccc(C)c1. The zero-order chi connectivity index (χ0) is 28.7. The van der Waals surface area contributed by atoms with Gasteiger partial charge in [0, 0.05) is 11.7 Å². The molecule has 3 rings (SSSR count). The molecular weight excluding hydrogens is 510 g/mol. The average Bonchev–Trinajstić information content (AvgIpc) is 2.81. The van der Waals surface area contributed by atoms with Gasteiger partial charge in [0.1, 0.15) is 17.7 Å². The predicted molar refractivity (Wildman–Crippen MR) is 159 cm³/mol. The minimum atomic E-state index is -0.848. The molecule has 0 aliphatic heterocycles. The van der Waals surface area contributed by atoms with Crippen LogP contribution in [0.15, 0.2) is 42.5 Å². The Morgan fingerprint density at radius 3 is 2.23 bits per heavy atom. The Hall–Kier alpha value is -3.00. The van der Waals surface area contributed by atoms with Crippen molar-refractivity contribution in [2.75, 3.05) is 17.3 Å². The number of para-hydroxylation sites is 1. The fraction of sp³-hybridized carbons (Fsp3) is 0.516. The third kappa shape index (κ3) is 8.24. The van der Waals surface area contributed by atoms with Crippen LogP contribution in [0, 0.1) is 20.8 Å². The van der Waals surface area contributed by atoms with Crippen LogP contribution in [0.4, 0.5) is 10.5 Å². The lowest BCUT2D eigenvalue weighted by Crippen LogP contribution is -2.57. The molecule has 2 N–H and O–H groups in total. The van der Waals surface area contributed by atoms with Gasteiger partial charge in [-0.2, -0.15) is 11.8 Å². The standard InChI is InChI=1S/C31H43N3O4S/c1-20-11-8-14-23(19-20)27(28(35)33-26-21(2)12-9-13-22(26)3)34(24-15-10-16-24)29(36)25(17-18-39-7)32-30(37)38-31(4,5)6/h8-9,11-14,19,24-25,27H,10,15-18H2,1-7H3,(H,32,37)(H,33,35). The number of hydrogen-bond donors (Lipinski definition) is 2. The molecular formula is C31H43N3O4S. The lowest BCUT2D eigenvalue weighted by atomic mass is 9.87. The molecule has 7 nitrogen and oxygen atoms in total. The number of thioether (sulfide) groups is 1. The van der Waals surface area contributed by atoms with E-state index < -0.39 is 23.8 Å². The summed E-state index contributed by atoms with van der Waals surface area (Å²) in [4.78, 5) is 43.0. The van der Waals surface area contributed by atoms with Crippen LogP contribution in [-0.4, -0.2) is 52.5 Å². The van der Waals surface area contributed by atoms with Gasteiger partial charge in [-0.1, -0.05) is 48.0 Å². The number of nitrogens with zero attached hydrogens (tertiary/aromatic N) is 1. The molecule has 8 heteroatoms. The highest BCUT2D eigenvalue weighted by atomic mass is 32.2. The van der Waals surface area contributed by atoms with Crippen molar-refractivity contribution in [2.45, 2.75) is 91.0 Å². The van der Waals surface area contributed by atoms with Crippen molar-refractivity contribution >= 4 is 35.4 Å². The molecule has 0 radical (unpaired) electrons. The second-order valence-electron chi connectivity index (χ2n) is 11.4. The molecule has 2 atom stereocenters. The molecule has 1 aliphatic carbocycles. The fourth-order valence-electron chi connectivity index (χ4n) is 4.79. The Labute approximate surface area is 237 Å². The summed E-state index contributed by atoms with van der Waals surface area (Å²) in [5.74, 6) is 0.149. The van der Waals surface area contributed by atoms with Crippen molar-refractivity contribution < 1.29 is 19.1 Å². The first kappa shape index (κ1) is 30.5. The van der Waals surface area contributed by atoms with Crippen molar-refractivity contribution in [2.24, 2.45) is 0 Å². The molecule has 0 bridgehead atoms. The van der Waals surface area contributed by atoms with Gasteiger partial charge in [0.15, 0.2) is 0 Å². The highest BCUT2D eigenvalue weighted by molar-refractivity contribution is 7.98. The molecule has 39 heavy (non-hydrogen) atoms. The van der Waals surface area contributed by atoms with Crippen LogP contribution in [0.25, 0.3) is 0 Å². The van der Waals surface area contributed by atoms with E-state index in [0.717, 1.165) is 47.2 Å². The largest absolute Gasteiger partial charge is 0.444 e. The summed E-state index contributed by atoms with van der Waals surface area (Å²) in [5.41, 5.74) is 3.73. The lowest BCUT2D eigenvalue weighted by molar-refractivity contribution is -0.145. The predicted octanol–water partition coefficient (Wildman–Crippen LogP) is 6.32. The van der Waals surface area contributed by atoms with E-state index in [9.17, 15) is 14.4 Å². The van der Waals surface area contributed by atoms with Crippen LogP contribution < -0.4 is 10.6 Å². The normalized spacial score (nSPS) is 15.1. The van der Waals surface area contributed by atoms with Gasteiger partial charge in [-0.05, 0) is 95.9 Å². The monoisotopic (exact) mass is 553 g/mol. The molecule has 0 aromatic heterocycles. The Balaban J connectivity index is 2.04. The van der Waals surface area contributed by atoms with E-state index in [0.29, 0.717) is 12.2 Å². The number of alkyl carbamates (subject to hydrolysis) is 1. The molecule has 0 heterocycles. The second kappa shape index (κ2) is 13.4. The molecule has 3 amide bonds. The molecule has 0 saturated heterocycles. The average molecular weight is 554 g/mol. The minimum Gasteiger partial charge on any atom is -0.444 e. The zero-order valence-electron chi connectivity index (χ0n) is 24.3. The van der Waals surface area contributed by atoms with E-state index in [2.05, 4.69) is 10.6 Å². The Bertz CT molecular complexity index is 1150. The second-order valence-corrected chi connectivity index (χ2v) is 12.4. The van der Waals surface area contributed by atoms with Gasteiger partial charge in [-0.3, -0.25) is 9.59 Å². The minimum absolute atomic E-state index is 0.0936. The van der Waals surface area contributed by atoms with E-state index in [1.807, 2.05) is 69.5 Å². The van der Waals surface area contributed by atoms with Crippen molar-refractivity contribution in [3.8, 4) is 0 Å². The van der Waals surface area contributed by atoms with Crippen LogP contribution in [0.2, 0.25) is 0 Å². The van der Waals surface area contributed by atoms with Crippen LogP contribution in [-0.2, 0) is 14.3 Å². The van der Waals surface area contributed by atoms with Crippen molar-refractivity contribution in [3.63, 3.8) is 0 Å². The van der Waals surface area contributed by atoms with Gasteiger partial charge in [0.05, 0.1) is 0 Å². The maximum atomic E-state index is 14.3. The lowest BCUT2D eigenvalue weighted by Gasteiger charge is -2.43. The molecule has 1 saturated carbocycles. The summed E-state index contributed by atoms with van der Waals surface area (Å²) in [6, 6.07) is 11.9. The van der Waals surface area contributed by atoms with Gasteiger partial charge < -0.3 is 20.3 Å². The molecule has 1 fully saturated rings. The fourth-order valence-corrected chi connectivity index (χ4v) is 5.26. The smallest absolute Gasteiger partial charge is 0.408 e. The van der Waals surface area contributed by atoms with E-state index in [1.165, 1.54) is 0 Å². The summed E-state index contributed by atoms with van der Waals surface area (Å²) in [5, 5.41) is 5.96. The number of ether oxygens (including phenoxy) is 1. The first-order valence-electron chi connectivity index (χ1n) is 13.7. The number of carbonyl (C=O) groups is 3. The number of anilines is 1.